The van der Waals surface area contributed by atoms with Gasteiger partial charge in [0.1, 0.15) is 0 Å². The van der Waals surface area contributed by atoms with Crippen molar-refractivity contribution in [3.05, 3.63) is 29.6 Å². The third-order valence-electron chi connectivity index (χ3n) is 4.06. The standard InChI is InChI=1S/C16H20FNO4/c1-22-13-5-3-11(9-12(13)17)4-6-14(19)18-16(7-2-8-16)10-15(20)21/h3,5,9H,2,4,6-8,10H2,1H3,(H,18,19)(H,20,21). The first-order valence-electron chi connectivity index (χ1n) is 7.29. The number of rotatable bonds is 7. The van der Waals surface area contributed by atoms with E-state index >= 15 is 0 Å². The molecule has 120 valence electrons. The number of nitrogens with one attached hydrogen (secondary N) is 1. The van der Waals surface area contributed by atoms with Gasteiger partial charge < -0.3 is 15.2 Å². The molecular formula is C16H20FNO4. The minimum absolute atomic E-state index is 0.0457. The average Bonchev–Trinajstić information content (AvgIpc) is 2.42. The number of carboxylic acid groups (broad SMARTS) is 1. The zero-order valence-corrected chi connectivity index (χ0v) is 12.5. The highest BCUT2D eigenvalue weighted by Gasteiger charge is 2.40. The predicted octanol–water partition coefficient (Wildman–Crippen LogP) is 2.28. The molecular weight excluding hydrogens is 289 g/mol. The zero-order chi connectivity index (χ0) is 16.2. The van der Waals surface area contributed by atoms with E-state index in [-0.39, 0.29) is 24.5 Å². The molecule has 1 amide bonds. The number of methoxy groups -OCH3 is 1. The van der Waals surface area contributed by atoms with Crippen LogP contribution in [0.25, 0.3) is 0 Å². The van der Waals surface area contributed by atoms with E-state index in [1.807, 2.05) is 0 Å². The number of carboxylic acids is 1. The second-order valence-electron chi connectivity index (χ2n) is 5.72. The molecule has 1 saturated carbocycles. The first-order valence-corrected chi connectivity index (χ1v) is 7.29. The molecule has 1 fully saturated rings. The number of benzene rings is 1. The molecule has 0 aliphatic heterocycles. The van der Waals surface area contributed by atoms with E-state index in [0.29, 0.717) is 24.8 Å². The Hall–Kier alpha value is -2.11. The van der Waals surface area contributed by atoms with Crippen molar-refractivity contribution in [2.75, 3.05) is 7.11 Å². The van der Waals surface area contributed by atoms with Crippen molar-refractivity contribution in [3.8, 4) is 5.75 Å². The lowest BCUT2D eigenvalue weighted by Gasteiger charge is -2.41. The van der Waals surface area contributed by atoms with E-state index in [9.17, 15) is 14.0 Å². The van der Waals surface area contributed by atoms with Gasteiger partial charge in [-0.1, -0.05) is 6.07 Å². The van der Waals surface area contributed by atoms with Crippen LogP contribution in [-0.2, 0) is 16.0 Å². The first-order chi connectivity index (χ1) is 10.4. The molecule has 2 N–H and O–H groups in total. The summed E-state index contributed by atoms with van der Waals surface area (Å²) < 4.78 is 18.4. The van der Waals surface area contributed by atoms with Crippen molar-refractivity contribution in [1.82, 2.24) is 5.32 Å². The SMILES string of the molecule is COc1ccc(CCC(=O)NC2(CC(=O)O)CCC2)cc1F. The maximum absolute atomic E-state index is 13.6. The summed E-state index contributed by atoms with van der Waals surface area (Å²) in [7, 11) is 1.39. The lowest BCUT2D eigenvalue weighted by atomic mass is 9.74. The molecule has 0 bridgehead atoms. The third kappa shape index (κ3) is 3.96. The van der Waals surface area contributed by atoms with Gasteiger partial charge in [0.25, 0.3) is 0 Å². The van der Waals surface area contributed by atoms with E-state index < -0.39 is 17.3 Å². The van der Waals surface area contributed by atoms with E-state index in [2.05, 4.69) is 5.32 Å². The molecule has 6 heteroatoms. The van der Waals surface area contributed by atoms with Crippen molar-refractivity contribution in [2.24, 2.45) is 0 Å². The second-order valence-corrected chi connectivity index (χ2v) is 5.72. The van der Waals surface area contributed by atoms with Gasteiger partial charge in [0, 0.05) is 6.42 Å². The van der Waals surface area contributed by atoms with Crippen LogP contribution in [0.3, 0.4) is 0 Å². The average molecular weight is 309 g/mol. The minimum atomic E-state index is -0.905. The number of ether oxygens (including phenoxy) is 1. The molecule has 1 aliphatic carbocycles. The molecule has 0 heterocycles. The number of hydrogen-bond donors (Lipinski definition) is 2. The van der Waals surface area contributed by atoms with Gasteiger partial charge in [0.05, 0.1) is 19.1 Å². The highest BCUT2D eigenvalue weighted by molar-refractivity contribution is 5.78. The smallest absolute Gasteiger partial charge is 0.305 e. The normalized spacial score (nSPS) is 15.7. The molecule has 1 aromatic carbocycles. The van der Waals surface area contributed by atoms with Crippen LogP contribution in [0.15, 0.2) is 18.2 Å². The Bertz CT molecular complexity index is 569. The Kier molecular flexibility index (Phi) is 5.00. The van der Waals surface area contributed by atoms with Crippen molar-refractivity contribution in [2.45, 2.75) is 44.1 Å². The van der Waals surface area contributed by atoms with Gasteiger partial charge in [-0.25, -0.2) is 4.39 Å². The molecule has 2 rings (SSSR count). The van der Waals surface area contributed by atoms with E-state index in [0.717, 1.165) is 6.42 Å². The van der Waals surface area contributed by atoms with Crippen molar-refractivity contribution >= 4 is 11.9 Å². The van der Waals surface area contributed by atoms with Gasteiger partial charge in [-0.15, -0.1) is 0 Å². The summed E-state index contributed by atoms with van der Waals surface area (Å²) >= 11 is 0. The highest BCUT2D eigenvalue weighted by atomic mass is 19.1. The third-order valence-corrected chi connectivity index (χ3v) is 4.06. The number of aryl methyl sites for hydroxylation is 1. The van der Waals surface area contributed by atoms with Crippen molar-refractivity contribution in [1.29, 1.82) is 0 Å². The molecule has 1 aromatic rings. The number of halogens is 1. The molecule has 0 radical (unpaired) electrons. The van der Waals surface area contributed by atoms with Crippen LogP contribution >= 0.6 is 0 Å². The maximum Gasteiger partial charge on any atom is 0.305 e. The zero-order valence-electron chi connectivity index (χ0n) is 12.5. The van der Waals surface area contributed by atoms with Crippen LogP contribution in [0.4, 0.5) is 4.39 Å². The fourth-order valence-corrected chi connectivity index (χ4v) is 2.72. The topological polar surface area (TPSA) is 75.6 Å². The highest BCUT2D eigenvalue weighted by Crippen LogP contribution is 2.35. The lowest BCUT2D eigenvalue weighted by molar-refractivity contribution is -0.140. The quantitative estimate of drug-likeness (QED) is 0.810. The molecule has 22 heavy (non-hydrogen) atoms. The Morgan fingerprint density at radius 1 is 1.41 bits per heavy atom. The van der Waals surface area contributed by atoms with Gasteiger partial charge >= 0.3 is 5.97 Å². The summed E-state index contributed by atoms with van der Waals surface area (Å²) in [6.45, 7) is 0. The fraction of sp³-hybridized carbons (Fsp3) is 0.500. The number of hydrogen-bond acceptors (Lipinski definition) is 3. The Morgan fingerprint density at radius 3 is 2.64 bits per heavy atom. The molecule has 0 atom stereocenters. The largest absolute Gasteiger partial charge is 0.494 e. The van der Waals surface area contributed by atoms with E-state index in [1.54, 1.807) is 6.07 Å². The van der Waals surface area contributed by atoms with Crippen LogP contribution < -0.4 is 10.1 Å². The fourth-order valence-electron chi connectivity index (χ4n) is 2.72. The van der Waals surface area contributed by atoms with Gasteiger partial charge in [0.15, 0.2) is 11.6 Å². The summed E-state index contributed by atoms with van der Waals surface area (Å²) in [5, 5.41) is 11.7. The summed E-state index contributed by atoms with van der Waals surface area (Å²) in [5.41, 5.74) is 0.114. The van der Waals surface area contributed by atoms with E-state index in [4.69, 9.17) is 9.84 Å². The van der Waals surface area contributed by atoms with Crippen LogP contribution in [0.5, 0.6) is 5.75 Å². The van der Waals surface area contributed by atoms with Crippen LogP contribution in [-0.4, -0.2) is 29.6 Å². The number of aliphatic carboxylic acids is 1. The molecule has 1 aliphatic rings. The van der Waals surface area contributed by atoms with Crippen LogP contribution in [0.2, 0.25) is 0 Å². The molecule has 0 aromatic heterocycles. The Balaban J connectivity index is 1.87. The van der Waals surface area contributed by atoms with E-state index in [1.165, 1.54) is 19.2 Å². The van der Waals surface area contributed by atoms with Gasteiger partial charge in [0.2, 0.25) is 5.91 Å². The maximum atomic E-state index is 13.6. The summed E-state index contributed by atoms with van der Waals surface area (Å²) in [4.78, 5) is 22.9. The van der Waals surface area contributed by atoms with Crippen molar-refractivity contribution in [3.63, 3.8) is 0 Å². The van der Waals surface area contributed by atoms with Gasteiger partial charge in [-0.3, -0.25) is 9.59 Å². The number of amides is 1. The molecule has 0 unspecified atom stereocenters. The number of carbonyl (C=O) groups is 2. The summed E-state index contributed by atoms with van der Waals surface area (Å²) in [6, 6.07) is 4.59. The predicted molar refractivity (Wildman–Crippen MR) is 78.3 cm³/mol. The molecule has 0 saturated heterocycles. The van der Waals surface area contributed by atoms with Gasteiger partial charge in [-0.2, -0.15) is 0 Å². The first kappa shape index (κ1) is 16.3. The minimum Gasteiger partial charge on any atom is -0.494 e. The number of carbonyl (C=O) groups excluding carboxylic acids is 1. The second kappa shape index (κ2) is 6.77. The van der Waals surface area contributed by atoms with Gasteiger partial charge in [-0.05, 0) is 43.4 Å². The van der Waals surface area contributed by atoms with Crippen LogP contribution in [0, 0.1) is 5.82 Å². The molecule has 0 spiro atoms. The lowest BCUT2D eigenvalue weighted by Crippen LogP contribution is -2.54. The Morgan fingerprint density at radius 2 is 2.14 bits per heavy atom. The molecule has 5 nitrogen and oxygen atoms in total. The van der Waals surface area contributed by atoms with Crippen LogP contribution in [0.1, 0.15) is 37.7 Å². The summed E-state index contributed by atoms with van der Waals surface area (Å²) in [5.74, 6) is -1.39. The Labute approximate surface area is 128 Å². The van der Waals surface area contributed by atoms with Crippen molar-refractivity contribution < 1.29 is 23.8 Å². The summed E-state index contributed by atoms with van der Waals surface area (Å²) in [6.07, 6.45) is 2.88. The monoisotopic (exact) mass is 309 g/mol.